The largest absolute Gasteiger partial charge is 0.454 e. The van der Waals surface area contributed by atoms with Gasteiger partial charge in [0.15, 0.2) is 6.61 Å². The Bertz CT molecular complexity index is 780. The van der Waals surface area contributed by atoms with Crippen LogP contribution in [0.3, 0.4) is 0 Å². The third-order valence-corrected chi connectivity index (χ3v) is 3.77. The highest BCUT2D eigenvalue weighted by Gasteiger charge is 2.17. The minimum atomic E-state index is -0.577. The molecule has 2 rings (SSSR count). The molecule has 0 saturated carbocycles. The fourth-order valence-electron chi connectivity index (χ4n) is 2.54. The van der Waals surface area contributed by atoms with Crippen molar-refractivity contribution in [3.63, 3.8) is 0 Å². The number of aromatic nitrogens is 1. The number of esters is 1. The van der Waals surface area contributed by atoms with Crippen molar-refractivity contribution in [1.29, 1.82) is 5.26 Å². The third kappa shape index (κ3) is 3.49. The monoisotopic (exact) mass is 310 g/mol. The van der Waals surface area contributed by atoms with Crippen LogP contribution >= 0.6 is 0 Å². The molecule has 2 aromatic rings. The number of aryl methyl sites for hydroxylation is 1. The zero-order valence-electron chi connectivity index (χ0n) is 13.4. The van der Waals surface area contributed by atoms with Crippen molar-refractivity contribution in [2.75, 3.05) is 6.61 Å². The standard InChI is InChI=1S/C18H18N2O3/c1-4-20-12(2)9-16(13(20)3)17(21)11-23-18(22)15-7-5-14(10-19)6-8-15/h5-9H,4,11H2,1-3H3. The molecule has 0 N–H and O–H groups in total. The van der Waals surface area contributed by atoms with Gasteiger partial charge in [-0.15, -0.1) is 0 Å². The molecular formula is C18H18N2O3. The van der Waals surface area contributed by atoms with Gasteiger partial charge in [-0.2, -0.15) is 5.26 Å². The molecule has 0 aliphatic heterocycles. The molecule has 0 fully saturated rings. The predicted octanol–water partition coefficient (Wildman–Crippen LogP) is 3.04. The van der Waals surface area contributed by atoms with Crippen LogP contribution in [-0.4, -0.2) is 22.9 Å². The van der Waals surface area contributed by atoms with Crippen molar-refractivity contribution in [3.05, 3.63) is 58.4 Å². The first kappa shape index (κ1) is 16.5. The summed E-state index contributed by atoms with van der Waals surface area (Å²) in [5.41, 5.74) is 3.24. The highest BCUT2D eigenvalue weighted by molar-refractivity contribution is 6.00. The number of benzene rings is 1. The molecule has 0 amide bonds. The first-order chi connectivity index (χ1) is 11.0. The number of rotatable bonds is 5. The molecule has 5 nitrogen and oxygen atoms in total. The van der Waals surface area contributed by atoms with Crippen molar-refractivity contribution in [1.82, 2.24) is 4.57 Å². The molecule has 1 aromatic heterocycles. The fraction of sp³-hybridized carbons (Fsp3) is 0.278. The van der Waals surface area contributed by atoms with E-state index in [2.05, 4.69) is 0 Å². The van der Waals surface area contributed by atoms with Gasteiger partial charge in [0.05, 0.1) is 17.2 Å². The van der Waals surface area contributed by atoms with E-state index in [9.17, 15) is 9.59 Å². The van der Waals surface area contributed by atoms with E-state index < -0.39 is 5.97 Å². The first-order valence-electron chi connectivity index (χ1n) is 7.35. The smallest absolute Gasteiger partial charge is 0.338 e. The quantitative estimate of drug-likeness (QED) is 0.628. The number of ether oxygens (including phenoxy) is 1. The molecule has 0 aliphatic rings. The highest BCUT2D eigenvalue weighted by Crippen LogP contribution is 2.16. The molecule has 0 unspecified atom stereocenters. The average molecular weight is 310 g/mol. The summed E-state index contributed by atoms with van der Waals surface area (Å²) in [6, 6.07) is 9.88. The predicted molar refractivity (Wildman–Crippen MR) is 85.4 cm³/mol. The summed E-state index contributed by atoms with van der Waals surface area (Å²) in [5.74, 6) is -0.799. The number of nitriles is 1. The summed E-state index contributed by atoms with van der Waals surface area (Å²) in [4.78, 5) is 24.2. The van der Waals surface area contributed by atoms with Crippen LogP contribution in [-0.2, 0) is 11.3 Å². The van der Waals surface area contributed by atoms with Gasteiger partial charge in [-0.05, 0) is 51.1 Å². The maximum absolute atomic E-state index is 12.2. The fourth-order valence-corrected chi connectivity index (χ4v) is 2.54. The lowest BCUT2D eigenvalue weighted by Gasteiger charge is -2.06. The van der Waals surface area contributed by atoms with E-state index >= 15 is 0 Å². The summed E-state index contributed by atoms with van der Waals surface area (Å²) in [6.07, 6.45) is 0. The first-order valence-corrected chi connectivity index (χ1v) is 7.35. The number of ketones is 1. The van der Waals surface area contributed by atoms with Crippen molar-refractivity contribution in [2.45, 2.75) is 27.3 Å². The minimum absolute atomic E-state index is 0.222. The Kier molecular flexibility index (Phi) is 4.97. The van der Waals surface area contributed by atoms with Gasteiger partial charge in [-0.3, -0.25) is 4.79 Å². The Morgan fingerprint density at radius 3 is 2.39 bits per heavy atom. The molecule has 0 atom stereocenters. The van der Waals surface area contributed by atoms with Gasteiger partial charge < -0.3 is 9.30 Å². The lowest BCUT2D eigenvalue weighted by atomic mass is 10.1. The summed E-state index contributed by atoms with van der Waals surface area (Å²) in [5, 5.41) is 8.73. The molecule has 5 heteroatoms. The van der Waals surface area contributed by atoms with Crippen LogP contribution in [0.4, 0.5) is 0 Å². The van der Waals surface area contributed by atoms with Crippen LogP contribution < -0.4 is 0 Å². The average Bonchev–Trinajstić information content (AvgIpc) is 2.86. The molecule has 23 heavy (non-hydrogen) atoms. The van der Waals surface area contributed by atoms with Crippen molar-refractivity contribution in [2.24, 2.45) is 0 Å². The third-order valence-electron chi connectivity index (χ3n) is 3.77. The number of carbonyl (C=O) groups is 2. The van der Waals surface area contributed by atoms with E-state index in [1.807, 2.05) is 37.5 Å². The SMILES string of the molecule is CCn1c(C)cc(C(=O)COC(=O)c2ccc(C#N)cc2)c1C. The van der Waals surface area contributed by atoms with Crippen molar-refractivity contribution >= 4 is 11.8 Å². The molecule has 1 heterocycles. The molecular weight excluding hydrogens is 292 g/mol. The lowest BCUT2D eigenvalue weighted by molar-refractivity contribution is 0.0474. The molecule has 0 aliphatic carbocycles. The van der Waals surface area contributed by atoms with E-state index in [1.165, 1.54) is 24.3 Å². The van der Waals surface area contributed by atoms with Gasteiger partial charge in [0.25, 0.3) is 0 Å². The van der Waals surface area contributed by atoms with Gasteiger partial charge in [-0.1, -0.05) is 0 Å². The van der Waals surface area contributed by atoms with Gasteiger partial charge in [-0.25, -0.2) is 4.79 Å². The van der Waals surface area contributed by atoms with Crippen LogP contribution in [0.1, 0.15) is 44.6 Å². The zero-order valence-corrected chi connectivity index (χ0v) is 13.4. The number of Topliss-reactive ketones (excluding diaryl/α,β-unsaturated/α-hetero) is 1. The Labute approximate surface area is 135 Å². The summed E-state index contributed by atoms with van der Waals surface area (Å²) < 4.78 is 7.11. The molecule has 0 radical (unpaired) electrons. The van der Waals surface area contributed by atoms with Crippen LogP contribution in [0.5, 0.6) is 0 Å². The second-order valence-corrected chi connectivity index (χ2v) is 5.22. The van der Waals surface area contributed by atoms with Crippen LogP contribution in [0.2, 0.25) is 0 Å². The van der Waals surface area contributed by atoms with Gasteiger partial charge in [0.2, 0.25) is 5.78 Å². The van der Waals surface area contributed by atoms with Crippen LogP contribution in [0, 0.1) is 25.2 Å². The Balaban J connectivity index is 2.04. The van der Waals surface area contributed by atoms with Crippen LogP contribution in [0.25, 0.3) is 0 Å². The van der Waals surface area contributed by atoms with E-state index in [1.54, 1.807) is 0 Å². The molecule has 0 saturated heterocycles. The number of carbonyl (C=O) groups excluding carboxylic acids is 2. The highest BCUT2D eigenvalue weighted by atomic mass is 16.5. The van der Waals surface area contributed by atoms with Gasteiger partial charge in [0, 0.05) is 23.5 Å². The maximum Gasteiger partial charge on any atom is 0.338 e. The second-order valence-electron chi connectivity index (χ2n) is 5.22. The summed E-state index contributed by atoms with van der Waals surface area (Å²) in [7, 11) is 0. The van der Waals surface area contributed by atoms with E-state index in [-0.39, 0.29) is 12.4 Å². The van der Waals surface area contributed by atoms with Gasteiger partial charge >= 0.3 is 5.97 Å². The summed E-state index contributed by atoms with van der Waals surface area (Å²) >= 11 is 0. The maximum atomic E-state index is 12.2. The topological polar surface area (TPSA) is 72.1 Å². The lowest BCUT2D eigenvalue weighted by Crippen LogP contribution is -2.15. The zero-order chi connectivity index (χ0) is 17.0. The number of hydrogen-bond acceptors (Lipinski definition) is 4. The Morgan fingerprint density at radius 2 is 1.87 bits per heavy atom. The van der Waals surface area contributed by atoms with E-state index in [0.717, 1.165) is 17.9 Å². The molecule has 0 bridgehead atoms. The summed E-state index contributed by atoms with van der Waals surface area (Å²) in [6.45, 7) is 6.32. The van der Waals surface area contributed by atoms with Crippen molar-refractivity contribution < 1.29 is 14.3 Å². The minimum Gasteiger partial charge on any atom is -0.454 e. The number of hydrogen-bond donors (Lipinski definition) is 0. The molecule has 1 aromatic carbocycles. The molecule has 118 valence electrons. The molecule has 0 spiro atoms. The van der Waals surface area contributed by atoms with Crippen molar-refractivity contribution in [3.8, 4) is 6.07 Å². The Hall–Kier alpha value is -2.87. The number of nitrogens with zero attached hydrogens (tertiary/aromatic N) is 2. The van der Waals surface area contributed by atoms with Gasteiger partial charge in [0.1, 0.15) is 0 Å². The van der Waals surface area contributed by atoms with E-state index in [0.29, 0.717) is 16.7 Å². The normalized spacial score (nSPS) is 10.2. The Morgan fingerprint density at radius 1 is 1.22 bits per heavy atom. The van der Waals surface area contributed by atoms with E-state index in [4.69, 9.17) is 10.00 Å². The second kappa shape index (κ2) is 6.93. The van der Waals surface area contributed by atoms with Crippen LogP contribution in [0.15, 0.2) is 30.3 Å².